The minimum atomic E-state index is -0.682. The van der Waals surface area contributed by atoms with E-state index in [1.807, 2.05) is 0 Å². The predicted molar refractivity (Wildman–Crippen MR) is 59.6 cm³/mol. The van der Waals surface area contributed by atoms with Gasteiger partial charge in [0.1, 0.15) is 23.3 Å². The van der Waals surface area contributed by atoms with E-state index in [1.165, 1.54) is 12.3 Å². The first-order chi connectivity index (χ1) is 8.19. The van der Waals surface area contributed by atoms with Crippen LogP contribution in [0.5, 0.6) is 0 Å². The van der Waals surface area contributed by atoms with Crippen LogP contribution in [0, 0.1) is 11.6 Å². The lowest BCUT2D eigenvalue weighted by molar-refractivity contribution is 0.586. The second-order valence-electron chi connectivity index (χ2n) is 3.31. The lowest BCUT2D eigenvalue weighted by Crippen LogP contribution is -2.05. The van der Waals surface area contributed by atoms with Crippen molar-refractivity contribution < 1.29 is 8.78 Å². The summed E-state index contributed by atoms with van der Waals surface area (Å²) in [4.78, 5) is 7.95. The van der Waals surface area contributed by atoms with Gasteiger partial charge in [0.05, 0.1) is 12.2 Å². The molecule has 0 atom stereocenters. The Kier molecular flexibility index (Phi) is 3.24. The highest BCUT2D eigenvalue weighted by Gasteiger charge is 2.05. The molecule has 1 aromatic carbocycles. The summed E-state index contributed by atoms with van der Waals surface area (Å²) in [5.74, 6) is -0.459. The number of halogens is 2. The molecule has 0 radical (unpaired) electrons. The molecule has 0 unspecified atom stereocenters. The van der Waals surface area contributed by atoms with Crippen molar-refractivity contribution in [3.63, 3.8) is 0 Å². The van der Waals surface area contributed by atoms with Gasteiger partial charge in [-0.2, -0.15) is 0 Å². The fourth-order valence-electron chi connectivity index (χ4n) is 1.30. The van der Waals surface area contributed by atoms with Crippen molar-refractivity contribution in [2.45, 2.75) is 6.54 Å². The van der Waals surface area contributed by atoms with Gasteiger partial charge < -0.3 is 11.1 Å². The highest BCUT2D eigenvalue weighted by molar-refractivity contribution is 5.56. The van der Waals surface area contributed by atoms with Crippen LogP contribution in [0.2, 0.25) is 0 Å². The molecule has 17 heavy (non-hydrogen) atoms. The highest BCUT2D eigenvalue weighted by Crippen LogP contribution is 2.18. The Labute approximate surface area is 96.5 Å². The maximum Gasteiger partial charge on any atom is 0.149 e. The van der Waals surface area contributed by atoms with Gasteiger partial charge in [0, 0.05) is 12.3 Å². The Morgan fingerprint density at radius 1 is 1.24 bits per heavy atom. The first-order valence-corrected chi connectivity index (χ1v) is 4.93. The minimum Gasteiger partial charge on any atom is -0.338 e. The van der Waals surface area contributed by atoms with Crippen molar-refractivity contribution >= 4 is 11.5 Å². The number of hydrogen-bond donors (Lipinski definition) is 2. The standard InChI is InChI=1S/C11H10F2N4/c12-7-1-2-9(8(13)5-7)16-10-3-4-15-11(6-14)17-10/h1-5H,6,14H2,(H,15,16,17). The third kappa shape index (κ3) is 2.73. The molecule has 0 amide bonds. The molecule has 1 heterocycles. The van der Waals surface area contributed by atoms with Crippen LogP contribution < -0.4 is 11.1 Å². The zero-order chi connectivity index (χ0) is 12.3. The molecule has 0 fully saturated rings. The summed E-state index contributed by atoms with van der Waals surface area (Å²) in [6.07, 6.45) is 1.51. The van der Waals surface area contributed by atoms with E-state index < -0.39 is 11.6 Å². The number of nitrogens with one attached hydrogen (secondary N) is 1. The number of aromatic nitrogens is 2. The average Bonchev–Trinajstić information content (AvgIpc) is 2.33. The normalized spacial score (nSPS) is 10.3. The van der Waals surface area contributed by atoms with Gasteiger partial charge in [0.2, 0.25) is 0 Å². The van der Waals surface area contributed by atoms with E-state index in [1.54, 1.807) is 6.07 Å². The summed E-state index contributed by atoms with van der Waals surface area (Å²) < 4.78 is 26.0. The van der Waals surface area contributed by atoms with Crippen molar-refractivity contribution in [1.82, 2.24) is 9.97 Å². The third-order valence-corrected chi connectivity index (χ3v) is 2.08. The Morgan fingerprint density at radius 2 is 2.06 bits per heavy atom. The summed E-state index contributed by atoms with van der Waals surface area (Å²) in [7, 11) is 0. The number of rotatable bonds is 3. The van der Waals surface area contributed by atoms with Crippen LogP contribution in [0.4, 0.5) is 20.3 Å². The van der Waals surface area contributed by atoms with Crippen LogP contribution in [-0.4, -0.2) is 9.97 Å². The summed E-state index contributed by atoms with van der Waals surface area (Å²) in [5, 5.41) is 2.73. The Hall–Kier alpha value is -2.08. The fourth-order valence-corrected chi connectivity index (χ4v) is 1.30. The number of nitrogens with two attached hydrogens (primary N) is 1. The molecule has 0 spiro atoms. The predicted octanol–water partition coefficient (Wildman–Crippen LogP) is 1.96. The Bertz CT molecular complexity index is 531. The average molecular weight is 236 g/mol. The lowest BCUT2D eigenvalue weighted by atomic mass is 10.3. The zero-order valence-corrected chi connectivity index (χ0v) is 8.82. The molecule has 0 saturated carbocycles. The van der Waals surface area contributed by atoms with E-state index in [4.69, 9.17) is 5.73 Å². The van der Waals surface area contributed by atoms with Crippen molar-refractivity contribution in [3.05, 3.63) is 47.9 Å². The van der Waals surface area contributed by atoms with Crippen LogP contribution in [0.15, 0.2) is 30.5 Å². The first-order valence-electron chi connectivity index (χ1n) is 4.93. The van der Waals surface area contributed by atoms with Gasteiger partial charge in [0.15, 0.2) is 0 Å². The van der Waals surface area contributed by atoms with Crippen LogP contribution in [0.1, 0.15) is 5.82 Å². The van der Waals surface area contributed by atoms with Gasteiger partial charge in [-0.25, -0.2) is 18.7 Å². The van der Waals surface area contributed by atoms with Gasteiger partial charge in [-0.3, -0.25) is 0 Å². The van der Waals surface area contributed by atoms with Crippen molar-refractivity contribution in [1.29, 1.82) is 0 Å². The molecule has 2 aromatic rings. The molecule has 0 aliphatic carbocycles. The second-order valence-corrected chi connectivity index (χ2v) is 3.31. The topological polar surface area (TPSA) is 63.8 Å². The van der Waals surface area contributed by atoms with Crippen LogP contribution in [0.25, 0.3) is 0 Å². The molecule has 88 valence electrons. The molecule has 0 bridgehead atoms. The van der Waals surface area contributed by atoms with Crippen molar-refractivity contribution in [2.24, 2.45) is 5.73 Å². The third-order valence-electron chi connectivity index (χ3n) is 2.08. The maximum absolute atomic E-state index is 13.3. The second kappa shape index (κ2) is 4.84. The summed E-state index contributed by atoms with van der Waals surface area (Å²) in [6, 6.07) is 4.83. The molecule has 2 rings (SSSR count). The molecule has 4 nitrogen and oxygen atoms in total. The molecule has 0 aliphatic rings. The van der Waals surface area contributed by atoms with Gasteiger partial charge >= 0.3 is 0 Å². The molecule has 6 heteroatoms. The molecule has 0 saturated heterocycles. The smallest absolute Gasteiger partial charge is 0.149 e. The number of benzene rings is 1. The van der Waals surface area contributed by atoms with Gasteiger partial charge in [0.25, 0.3) is 0 Å². The van der Waals surface area contributed by atoms with Crippen molar-refractivity contribution in [2.75, 3.05) is 5.32 Å². The van der Waals surface area contributed by atoms with Crippen LogP contribution >= 0.6 is 0 Å². The van der Waals surface area contributed by atoms with Gasteiger partial charge in [-0.1, -0.05) is 0 Å². The van der Waals surface area contributed by atoms with E-state index in [9.17, 15) is 8.78 Å². The van der Waals surface area contributed by atoms with E-state index >= 15 is 0 Å². The van der Waals surface area contributed by atoms with E-state index in [2.05, 4.69) is 15.3 Å². The van der Waals surface area contributed by atoms with Crippen molar-refractivity contribution in [3.8, 4) is 0 Å². The Morgan fingerprint density at radius 3 is 2.76 bits per heavy atom. The maximum atomic E-state index is 13.3. The quantitative estimate of drug-likeness (QED) is 0.855. The van der Waals surface area contributed by atoms with E-state index in [0.717, 1.165) is 12.1 Å². The molecule has 1 aromatic heterocycles. The minimum absolute atomic E-state index is 0.146. The molecular formula is C11H10F2N4. The Balaban J connectivity index is 2.25. The fraction of sp³-hybridized carbons (Fsp3) is 0.0909. The molecule has 3 N–H and O–H groups in total. The summed E-state index contributed by atoms with van der Waals surface area (Å²) >= 11 is 0. The van der Waals surface area contributed by atoms with Crippen LogP contribution in [0.3, 0.4) is 0 Å². The highest BCUT2D eigenvalue weighted by atomic mass is 19.1. The SMILES string of the molecule is NCc1nccc(Nc2ccc(F)cc2F)n1. The van der Waals surface area contributed by atoms with E-state index in [-0.39, 0.29) is 12.2 Å². The van der Waals surface area contributed by atoms with Crippen LogP contribution in [-0.2, 0) is 6.54 Å². The van der Waals surface area contributed by atoms with Gasteiger partial charge in [-0.15, -0.1) is 0 Å². The number of hydrogen-bond acceptors (Lipinski definition) is 4. The lowest BCUT2D eigenvalue weighted by Gasteiger charge is -2.07. The largest absolute Gasteiger partial charge is 0.338 e. The first kappa shape index (κ1) is 11.4. The number of nitrogens with zero attached hydrogens (tertiary/aromatic N) is 2. The van der Waals surface area contributed by atoms with Gasteiger partial charge in [-0.05, 0) is 18.2 Å². The van der Waals surface area contributed by atoms with E-state index in [0.29, 0.717) is 11.6 Å². The zero-order valence-electron chi connectivity index (χ0n) is 8.82. The summed E-state index contributed by atoms with van der Waals surface area (Å²) in [6.45, 7) is 0.196. The monoisotopic (exact) mass is 236 g/mol. The number of anilines is 2. The summed E-state index contributed by atoms with van der Waals surface area (Å²) in [5.41, 5.74) is 5.53. The molecular weight excluding hydrogens is 226 g/mol. The molecule has 0 aliphatic heterocycles.